The van der Waals surface area contributed by atoms with Crippen molar-refractivity contribution >= 4 is 26.7 Å². The number of rotatable bonds is 10. The summed E-state index contributed by atoms with van der Waals surface area (Å²) in [5.74, 6) is 0.131. The molecule has 1 aromatic heterocycles. The summed E-state index contributed by atoms with van der Waals surface area (Å²) < 4.78 is 51.8. The standard InChI is InChI=1S/C25H26FN3O4S/c1-29(13-5-10-24-23-12-11-19(26)15-25(23)33-27-24)17-18-6-3-7-20(14-18)28-34(30,31)22-9-4-8-21(16-22)32-2/h3-4,6-9,11-12,14-16,28H,5,10,13,17H2,1-2H3. The van der Waals surface area contributed by atoms with Crippen LogP contribution < -0.4 is 9.46 Å². The third-order valence-corrected chi connectivity index (χ3v) is 6.82. The Hall–Kier alpha value is -3.43. The van der Waals surface area contributed by atoms with E-state index in [0.717, 1.165) is 29.6 Å². The molecule has 7 nitrogen and oxygen atoms in total. The molecule has 0 saturated heterocycles. The first-order valence-corrected chi connectivity index (χ1v) is 12.3. The van der Waals surface area contributed by atoms with Gasteiger partial charge in [0.25, 0.3) is 10.0 Å². The van der Waals surface area contributed by atoms with Crippen molar-refractivity contribution < 1.29 is 22.1 Å². The highest BCUT2D eigenvalue weighted by molar-refractivity contribution is 7.92. The van der Waals surface area contributed by atoms with Crippen LogP contribution >= 0.6 is 0 Å². The Morgan fingerprint density at radius 2 is 1.91 bits per heavy atom. The molecular weight excluding hydrogens is 457 g/mol. The van der Waals surface area contributed by atoms with Crippen molar-refractivity contribution in [3.05, 3.63) is 83.8 Å². The number of fused-ring (bicyclic) bond motifs is 1. The number of nitrogens with zero attached hydrogens (tertiary/aromatic N) is 2. The second-order valence-electron chi connectivity index (χ2n) is 8.10. The predicted molar refractivity (Wildman–Crippen MR) is 129 cm³/mol. The Morgan fingerprint density at radius 3 is 2.74 bits per heavy atom. The van der Waals surface area contributed by atoms with Gasteiger partial charge in [-0.2, -0.15) is 0 Å². The van der Waals surface area contributed by atoms with Crippen LogP contribution in [0.2, 0.25) is 0 Å². The van der Waals surface area contributed by atoms with Gasteiger partial charge in [-0.15, -0.1) is 0 Å². The second-order valence-corrected chi connectivity index (χ2v) is 9.78. The van der Waals surface area contributed by atoms with Crippen LogP contribution in [0.4, 0.5) is 10.1 Å². The summed E-state index contributed by atoms with van der Waals surface area (Å²) in [7, 11) is -0.236. The number of methoxy groups -OCH3 is 1. The van der Waals surface area contributed by atoms with E-state index in [1.54, 1.807) is 24.3 Å². The first-order chi connectivity index (χ1) is 16.3. The lowest BCUT2D eigenvalue weighted by molar-refractivity contribution is 0.320. The van der Waals surface area contributed by atoms with Crippen molar-refractivity contribution in [2.45, 2.75) is 24.3 Å². The van der Waals surface area contributed by atoms with Crippen LogP contribution in [0.3, 0.4) is 0 Å². The second kappa shape index (κ2) is 10.2. The highest BCUT2D eigenvalue weighted by atomic mass is 32.2. The number of aryl methyl sites for hydroxylation is 1. The minimum atomic E-state index is -3.73. The van der Waals surface area contributed by atoms with E-state index in [1.165, 1.54) is 31.4 Å². The fourth-order valence-corrected chi connectivity index (χ4v) is 4.85. The zero-order valence-electron chi connectivity index (χ0n) is 19.0. The molecule has 34 heavy (non-hydrogen) atoms. The van der Waals surface area contributed by atoms with E-state index in [9.17, 15) is 12.8 Å². The number of aromatic nitrogens is 1. The van der Waals surface area contributed by atoms with E-state index < -0.39 is 10.0 Å². The zero-order chi connectivity index (χ0) is 24.1. The van der Waals surface area contributed by atoms with Gasteiger partial charge in [0.15, 0.2) is 5.58 Å². The number of hydrogen-bond acceptors (Lipinski definition) is 6. The fourth-order valence-electron chi connectivity index (χ4n) is 3.77. The fraction of sp³-hybridized carbons (Fsp3) is 0.240. The average molecular weight is 484 g/mol. The monoisotopic (exact) mass is 483 g/mol. The van der Waals surface area contributed by atoms with E-state index >= 15 is 0 Å². The summed E-state index contributed by atoms with van der Waals surface area (Å²) >= 11 is 0. The van der Waals surface area contributed by atoms with Gasteiger partial charge >= 0.3 is 0 Å². The minimum absolute atomic E-state index is 0.137. The molecule has 4 aromatic rings. The van der Waals surface area contributed by atoms with Gasteiger partial charge in [0.2, 0.25) is 0 Å². The summed E-state index contributed by atoms with van der Waals surface area (Å²) in [6.07, 6.45) is 1.56. The number of nitrogens with one attached hydrogen (secondary N) is 1. The lowest BCUT2D eigenvalue weighted by Crippen LogP contribution is -2.20. The van der Waals surface area contributed by atoms with E-state index in [-0.39, 0.29) is 10.7 Å². The number of halogens is 1. The number of hydrogen-bond donors (Lipinski definition) is 1. The topological polar surface area (TPSA) is 84.7 Å². The Balaban J connectivity index is 1.34. The van der Waals surface area contributed by atoms with Gasteiger partial charge < -0.3 is 14.2 Å². The van der Waals surface area contributed by atoms with Gasteiger partial charge in [-0.05, 0) is 68.4 Å². The van der Waals surface area contributed by atoms with Crippen LogP contribution in [0.5, 0.6) is 5.75 Å². The molecular formula is C25H26FN3O4S. The molecule has 0 fully saturated rings. The molecule has 1 heterocycles. The Labute approximate surface area is 198 Å². The van der Waals surface area contributed by atoms with Crippen LogP contribution in [0.25, 0.3) is 11.0 Å². The number of anilines is 1. The van der Waals surface area contributed by atoms with Gasteiger partial charge in [-0.3, -0.25) is 4.72 Å². The van der Waals surface area contributed by atoms with Crippen molar-refractivity contribution in [2.24, 2.45) is 0 Å². The SMILES string of the molecule is COc1cccc(S(=O)(=O)Nc2cccc(CN(C)CCCc3noc4cc(F)ccc34)c2)c1. The summed E-state index contributed by atoms with van der Waals surface area (Å²) in [6, 6.07) is 18.1. The maximum absolute atomic E-state index is 13.3. The first-order valence-electron chi connectivity index (χ1n) is 10.8. The molecule has 0 amide bonds. The number of benzene rings is 3. The number of sulfonamides is 1. The van der Waals surface area contributed by atoms with E-state index in [4.69, 9.17) is 9.26 Å². The molecule has 1 N–H and O–H groups in total. The van der Waals surface area contributed by atoms with Crippen LogP contribution in [-0.2, 0) is 23.0 Å². The molecule has 0 atom stereocenters. The van der Waals surface area contributed by atoms with E-state index in [0.29, 0.717) is 30.0 Å². The van der Waals surface area contributed by atoms with Gasteiger partial charge in [-0.1, -0.05) is 23.4 Å². The summed E-state index contributed by atoms with van der Waals surface area (Å²) in [5.41, 5.74) is 2.75. The quantitative estimate of drug-likeness (QED) is 0.347. The Morgan fingerprint density at radius 1 is 1.09 bits per heavy atom. The molecule has 0 aliphatic heterocycles. The highest BCUT2D eigenvalue weighted by Gasteiger charge is 2.15. The van der Waals surface area contributed by atoms with Crippen LogP contribution in [0.1, 0.15) is 17.7 Å². The van der Waals surface area contributed by atoms with Crippen molar-refractivity contribution in [1.29, 1.82) is 0 Å². The summed E-state index contributed by atoms with van der Waals surface area (Å²) in [5, 5.41) is 4.90. The van der Waals surface area contributed by atoms with Gasteiger partial charge in [0.05, 0.1) is 17.7 Å². The third kappa shape index (κ3) is 5.73. The summed E-state index contributed by atoms with van der Waals surface area (Å²) in [4.78, 5) is 2.29. The molecule has 0 aliphatic carbocycles. The Kier molecular flexibility index (Phi) is 7.14. The van der Waals surface area contributed by atoms with Crippen molar-refractivity contribution in [1.82, 2.24) is 10.1 Å². The molecule has 0 saturated carbocycles. The molecule has 0 bridgehead atoms. The smallest absolute Gasteiger partial charge is 0.262 e. The van der Waals surface area contributed by atoms with Gasteiger partial charge in [-0.25, -0.2) is 12.8 Å². The predicted octanol–water partition coefficient (Wildman–Crippen LogP) is 4.84. The molecule has 0 spiro atoms. The summed E-state index contributed by atoms with van der Waals surface area (Å²) in [6.45, 7) is 1.45. The molecule has 3 aromatic carbocycles. The lowest BCUT2D eigenvalue weighted by atomic mass is 10.1. The highest BCUT2D eigenvalue weighted by Crippen LogP contribution is 2.22. The van der Waals surface area contributed by atoms with Crippen LogP contribution in [-0.4, -0.2) is 39.2 Å². The molecule has 9 heteroatoms. The molecule has 178 valence electrons. The third-order valence-electron chi connectivity index (χ3n) is 5.45. The Bertz CT molecular complexity index is 1390. The minimum Gasteiger partial charge on any atom is -0.497 e. The maximum Gasteiger partial charge on any atom is 0.262 e. The largest absolute Gasteiger partial charge is 0.497 e. The molecule has 0 radical (unpaired) electrons. The normalized spacial score (nSPS) is 11.8. The van der Waals surface area contributed by atoms with Crippen molar-refractivity contribution in [3.63, 3.8) is 0 Å². The zero-order valence-corrected chi connectivity index (χ0v) is 19.8. The first kappa shape index (κ1) is 23.7. The van der Waals surface area contributed by atoms with E-state index in [2.05, 4.69) is 14.8 Å². The van der Waals surface area contributed by atoms with Crippen LogP contribution in [0.15, 0.2) is 76.1 Å². The van der Waals surface area contributed by atoms with Crippen molar-refractivity contribution in [3.8, 4) is 5.75 Å². The van der Waals surface area contributed by atoms with Gasteiger partial charge in [0, 0.05) is 29.8 Å². The maximum atomic E-state index is 13.3. The van der Waals surface area contributed by atoms with Crippen molar-refractivity contribution in [2.75, 3.05) is 25.4 Å². The average Bonchev–Trinajstić information content (AvgIpc) is 3.21. The van der Waals surface area contributed by atoms with E-state index in [1.807, 2.05) is 25.2 Å². The number of ether oxygens (including phenoxy) is 1. The van der Waals surface area contributed by atoms with Crippen LogP contribution in [0, 0.1) is 5.82 Å². The van der Waals surface area contributed by atoms with Gasteiger partial charge in [0.1, 0.15) is 11.6 Å². The molecule has 4 rings (SSSR count). The molecule has 0 aliphatic rings. The lowest BCUT2D eigenvalue weighted by Gasteiger charge is -2.17. The molecule has 0 unspecified atom stereocenters.